The molecule has 0 aliphatic heterocycles. The molecule has 0 atom stereocenters. The van der Waals surface area contributed by atoms with Gasteiger partial charge in [-0.3, -0.25) is 0 Å². The summed E-state index contributed by atoms with van der Waals surface area (Å²) in [5.74, 6) is -79.6. The van der Waals surface area contributed by atoms with Gasteiger partial charge in [0.2, 0.25) is 116 Å². The van der Waals surface area contributed by atoms with E-state index in [-0.39, 0.29) is 20.8 Å². The van der Waals surface area contributed by atoms with Gasteiger partial charge in [0.1, 0.15) is 0 Å². The summed E-state index contributed by atoms with van der Waals surface area (Å²) in [7, 11) is -3.97. The Bertz CT molecular complexity index is 3650. The Morgan fingerprint density at radius 1 is 0.342 bits per heavy atom. The van der Waals surface area contributed by atoms with Crippen LogP contribution in [0.1, 0.15) is 36.7 Å². The van der Waals surface area contributed by atoms with Crippen LogP contribution in [0.3, 0.4) is 0 Å². The van der Waals surface area contributed by atoms with Gasteiger partial charge in [0.05, 0.1) is 11.1 Å². The van der Waals surface area contributed by atoms with Crippen molar-refractivity contribution in [2.75, 3.05) is 0 Å². The summed E-state index contributed by atoms with van der Waals surface area (Å²) in [6.45, 7) is 5.32. The van der Waals surface area contributed by atoms with Crippen molar-refractivity contribution in [2.45, 2.75) is 40.9 Å². The minimum atomic E-state index is -3.97. The third-order valence-electron chi connectivity index (χ3n) is 11.4. The Morgan fingerprint density at radius 2 is 0.646 bits per heavy atom. The molecule has 8 aromatic carbocycles. The molecule has 5 nitrogen and oxygen atoms in total. The first-order valence-corrected chi connectivity index (χ1v) is 23.2. The van der Waals surface area contributed by atoms with Gasteiger partial charge in [0.15, 0.2) is 34.8 Å². The van der Waals surface area contributed by atoms with Gasteiger partial charge in [-0.15, -0.1) is 0 Å². The van der Waals surface area contributed by atoms with Crippen molar-refractivity contribution in [1.29, 1.82) is 0 Å². The Kier molecular flexibility index (Phi) is 15.2. The predicted octanol–water partition coefficient (Wildman–Crippen LogP) is 17.9. The zero-order chi connectivity index (χ0) is 58.1. The Morgan fingerprint density at radius 3 is 1.00 bits per heavy atom. The molecule has 26 heteroatoms. The topological polar surface area (TPSA) is 54.0 Å². The third kappa shape index (κ3) is 9.53. The van der Waals surface area contributed by atoms with E-state index >= 15 is 57.5 Å². The molecule has 0 aliphatic carbocycles. The fraction of sp³-hybridized carbons (Fsp3) is 0.0755. The highest BCUT2D eigenvalue weighted by Gasteiger charge is 2.43. The lowest BCUT2D eigenvalue weighted by molar-refractivity contribution is 0.0757. The van der Waals surface area contributed by atoms with Gasteiger partial charge in [-0.05, 0) is 57.7 Å². The molecule has 8 aromatic rings. The predicted molar refractivity (Wildman–Crippen MR) is 236 cm³/mol. The van der Waals surface area contributed by atoms with Crippen LogP contribution >= 0.6 is 10.3 Å². The van der Waals surface area contributed by atoms with E-state index < -0.39 is 189 Å². The maximum Gasteiger partial charge on any atom is 0.350 e. The van der Waals surface area contributed by atoms with Gasteiger partial charge in [-0.2, -0.15) is 26.3 Å². The molecular formula is C53H24F20O5S. The van der Waals surface area contributed by atoms with Crippen molar-refractivity contribution >= 4 is 16.3 Å². The molecule has 0 bridgehead atoms. The van der Waals surface area contributed by atoms with Gasteiger partial charge in [-0.1, -0.05) is 69.3 Å². The minimum Gasteiger partial charge on any atom is -0.447 e. The Labute approximate surface area is 431 Å². The number of benzene rings is 8. The van der Waals surface area contributed by atoms with Crippen LogP contribution in [0.15, 0.2) is 106 Å². The number of rotatable bonds is 12. The molecular weight excluding hydrogens is 1130 g/mol. The third-order valence-corrected chi connectivity index (χ3v) is 14.6. The molecule has 8 rings (SSSR count). The van der Waals surface area contributed by atoms with Gasteiger partial charge in [-0.25, -0.2) is 66.3 Å². The molecule has 0 N–H and O–H groups in total. The molecule has 0 saturated heterocycles. The van der Waals surface area contributed by atoms with Gasteiger partial charge in [0.25, 0.3) is 0 Å². The number of carbonyl (C=O) groups excluding carboxylic acids is 1. The van der Waals surface area contributed by atoms with Crippen molar-refractivity contribution in [3.63, 3.8) is 0 Å². The number of halogens is 20. The molecule has 0 radical (unpaired) electrons. The lowest BCUT2D eigenvalue weighted by Crippen LogP contribution is -2.17. The quantitative estimate of drug-likeness (QED) is 0.0693. The van der Waals surface area contributed by atoms with Crippen molar-refractivity contribution in [3.05, 3.63) is 218 Å². The minimum absolute atomic E-state index is 0.0499. The number of hydrogen-bond acceptors (Lipinski definition) is 5. The maximum atomic E-state index is 16.6. The average Bonchev–Trinajstić information content (AvgIpc) is 3.50. The SMILES string of the molecule is CC(C)(C)c1ccc(S(OC(=O)c2cc(Oc3c(F)c(F)c(F)c(F)c3F)c(Oc3c(F)c(F)c(F)c(F)c3F)c(Oc3c(F)c(F)c(F)c(F)c3F)c2-c2c(F)c(F)c(F)c(F)c2F)(c2ccccc2)c2ccccc2)cc1. The van der Waals surface area contributed by atoms with Crippen LogP contribution < -0.4 is 14.2 Å². The van der Waals surface area contributed by atoms with Crippen LogP contribution in [0.2, 0.25) is 0 Å². The van der Waals surface area contributed by atoms with Crippen LogP contribution in [0.5, 0.6) is 34.5 Å². The number of ether oxygens (including phenoxy) is 3. The standard InChI is InChI=1S/C53H24F20O5S/c1-53(2,3)19-14-16-22(17-15-19)79(20-10-6-4-7-11-20,21-12-8-5-9-13-21)78-52(74)23-18-24(75-49-41(68)35(62)32(59)36(63)42(49)69)47(76-50-43(70)37(64)33(60)38(65)44(50)71)48(77-51-45(72)39(66)34(61)40(67)46(51)73)25(23)26-27(54)29(56)31(58)30(57)28(26)55/h4-18H,1-3H3. The summed E-state index contributed by atoms with van der Waals surface area (Å²) in [6, 6.07) is 18.9. The molecule has 412 valence electrons. The van der Waals surface area contributed by atoms with Crippen LogP contribution in [0, 0.1) is 116 Å². The maximum absolute atomic E-state index is 16.6. The summed E-state index contributed by atoms with van der Waals surface area (Å²) in [4.78, 5) is 15.4. The zero-order valence-electron chi connectivity index (χ0n) is 39.2. The summed E-state index contributed by atoms with van der Waals surface area (Å²) < 4.78 is 327. The molecule has 0 unspecified atom stereocenters. The van der Waals surface area contributed by atoms with Crippen LogP contribution in [0.25, 0.3) is 11.1 Å². The molecule has 0 fully saturated rings. The molecule has 0 aliphatic rings. The summed E-state index contributed by atoms with van der Waals surface area (Å²) >= 11 is 0. The molecule has 0 amide bonds. The van der Waals surface area contributed by atoms with Crippen molar-refractivity contribution in [2.24, 2.45) is 0 Å². The van der Waals surface area contributed by atoms with E-state index in [1.165, 1.54) is 84.9 Å². The summed E-state index contributed by atoms with van der Waals surface area (Å²) in [5.41, 5.74) is -7.14. The summed E-state index contributed by atoms with van der Waals surface area (Å²) in [5, 5.41) is 0. The van der Waals surface area contributed by atoms with Crippen LogP contribution in [0.4, 0.5) is 87.8 Å². The van der Waals surface area contributed by atoms with E-state index in [9.17, 15) is 35.1 Å². The highest BCUT2D eigenvalue weighted by molar-refractivity contribution is 8.30. The van der Waals surface area contributed by atoms with Crippen molar-refractivity contribution in [1.82, 2.24) is 0 Å². The largest absolute Gasteiger partial charge is 0.447 e. The second-order valence-electron chi connectivity index (χ2n) is 17.2. The molecule has 0 heterocycles. The van der Waals surface area contributed by atoms with Crippen LogP contribution in [-0.2, 0) is 9.60 Å². The second-order valence-corrected chi connectivity index (χ2v) is 19.9. The Balaban J connectivity index is 1.62. The van der Waals surface area contributed by atoms with Crippen molar-refractivity contribution in [3.8, 4) is 45.6 Å². The Hall–Kier alpha value is -8.42. The van der Waals surface area contributed by atoms with Gasteiger partial charge < -0.3 is 18.4 Å². The number of hydrogen-bond donors (Lipinski definition) is 0. The van der Waals surface area contributed by atoms with E-state index in [2.05, 4.69) is 0 Å². The fourth-order valence-electron chi connectivity index (χ4n) is 7.54. The molecule has 0 aromatic heterocycles. The zero-order valence-corrected chi connectivity index (χ0v) is 40.0. The lowest BCUT2D eigenvalue weighted by Gasteiger charge is -2.40. The fourth-order valence-corrected chi connectivity index (χ4v) is 10.6. The first-order chi connectivity index (χ1) is 37.1. The van der Waals surface area contributed by atoms with E-state index in [1.54, 1.807) is 20.8 Å². The van der Waals surface area contributed by atoms with E-state index in [4.69, 9.17) is 18.4 Å². The molecule has 79 heavy (non-hydrogen) atoms. The first-order valence-electron chi connectivity index (χ1n) is 21.7. The van der Waals surface area contributed by atoms with E-state index in [0.29, 0.717) is 5.56 Å². The van der Waals surface area contributed by atoms with E-state index in [0.717, 1.165) is 0 Å². The monoisotopic (exact) mass is 1150 g/mol. The van der Waals surface area contributed by atoms with Gasteiger partial charge >= 0.3 is 5.97 Å². The normalized spacial score (nSPS) is 12.0. The second kappa shape index (κ2) is 21.1. The van der Waals surface area contributed by atoms with Crippen LogP contribution in [-0.4, -0.2) is 5.97 Å². The first kappa shape index (κ1) is 56.8. The van der Waals surface area contributed by atoms with Gasteiger partial charge in [0, 0.05) is 26.3 Å². The molecule has 0 spiro atoms. The average molecular weight is 1150 g/mol. The highest BCUT2D eigenvalue weighted by Crippen LogP contribution is 2.70. The highest BCUT2D eigenvalue weighted by atomic mass is 32.3. The lowest BCUT2D eigenvalue weighted by atomic mass is 9.87. The smallest absolute Gasteiger partial charge is 0.350 e. The summed E-state index contributed by atoms with van der Waals surface area (Å²) in [6.07, 6.45) is 0. The van der Waals surface area contributed by atoms with Crippen molar-refractivity contribution < 1.29 is 111 Å². The van der Waals surface area contributed by atoms with E-state index in [1.807, 2.05) is 0 Å². The number of carbonyl (C=O) groups is 1. The molecule has 0 saturated carbocycles.